The van der Waals surface area contributed by atoms with Crippen molar-refractivity contribution < 1.29 is 9.90 Å². The van der Waals surface area contributed by atoms with Crippen LogP contribution in [0.2, 0.25) is 0 Å². The highest BCUT2D eigenvalue weighted by Gasteiger charge is 2.36. The van der Waals surface area contributed by atoms with E-state index >= 15 is 0 Å². The summed E-state index contributed by atoms with van der Waals surface area (Å²) >= 11 is 0. The van der Waals surface area contributed by atoms with Gasteiger partial charge in [0.15, 0.2) is 5.82 Å². The number of carbonyl (C=O) groups is 1. The number of tetrazole rings is 1. The van der Waals surface area contributed by atoms with Crippen molar-refractivity contribution in [2.75, 3.05) is 0 Å². The number of hydrogen-bond acceptors (Lipinski definition) is 5. The lowest BCUT2D eigenvalue weighted by molar-refractivity contribution is -0.138. The van der Waals surface area contributed by atoms with Gasteiger partial charge in [0, 0.05) is 18.0 Å². The predicted molar refractivity (Wildman–Crippen MR) is 69.8 cm³/mol. The lowest BCUT2D eigenvalue weighted by Crippen LogP contribution is -2.18. The first-order chi connectivity index (χ1) is 9.65. The fourth-order valence-electron chi connectivity index (χ4n) is 2.40. The molecule has 0 radical (unpaired) electrons. The quantitative estimate of drug-likeness (QED) is 0.886. The Kier molecular flexibility index (Phi) is 3.17. The van der Waals surface area contributed by atoms with Crippen LogP contribution in [-0.4, -0.2) is 36.3 Å². The Morgan fingerprint density at radius 1 is 1.50 bits per heavy atom. The first-order valence-corrected chi connectivity index (χ1v) is 6.57. The van der Waals surface area contributed by atoms with Gasteiger partial charge >= 0.3 is 5.97 Å². The number of rotatable bonds is 5. The minimum Gasteiger partial charge on any atom is -0.481 e. The summed E-state index contributed by atoms with van der Waals surface area (Å²) in [4.78, 5) is 15.2. The molecule has 2 aromatic heterocycles. The maximum atomic E-state index is 11.0. The normalized spacial score (nSPS) is 16.1. The molecule has 20 heavy (non-hydrogen) atoms. The van der Waals surface area contributed by atoms with Crippen LogP contribution >= 0.6 is 0 Å². The summed E-state index contributed by atoms with van der Waals surface area (Å²) in [6, 6.07) is 1.76. The van der Waals surface area contributed by atoms with Crippen molar-refractivity contribution in [3.8, 4) is 11.4 Å². The van der Waals surface area contributed by atoms with Gasteiger partial charge in [0.25, 0.3) is 0 Å². The molecule has 1 saturated carbocycles. The minimum atomic E-state index is -0.828. The molecule has 0 spiro atoms. The lowest BCUT2D eigenvalue weighted by atomic mass is 10.1. The third kappa shape index (κ3) is 2.52. The summed E-state index contributed by atoms with van der Waals surface area (Å²) in [6.45, 7) is 1.94. The molecule has 1 aliphatic rings. The van der Waals surface area contributed by atoms with Crippen LogP contribution < -0.4 is 0 Å². The molecule has 1 N–H and O–H groups in total. The number of hydrogen-bond donors (Lipinski definition) is 1. The van der Waals surface area contributed by atoms with Crippen molar-refractivity contribution in [3.05, 3.63) is 24.0 Å². The van der Waals surface area contributed by atoms with Crippen molar-refractivity contribution in [1.29, 1.82) is 0 Å². The van der Waals surface area contributed by atoms with Gasteiger partial charge in [-0.05, 0) is 47.7 Å². The number of carboxylic acid groups (broad SMARTS) is 1. The maximum Gasteiger partial charge on any atom is 0.305 e. The van der Waals surface area contributed by atoms with Gasteiger partial charge in [-0.2, -0.15) is 0 Å². The molecule has 1 unspecified atom stereocenters. The molecule has 3 rings (SSSR count). The molecular weight excluding hydrogens is 258 g/mol. The number of aromatic nitrogens is 5. The zero-order valence-electron chi connectivity index (χ0n) is 11.1. The van der Waals surface area contributed by atoms with Gasteiger partial charge in [-0.1, -0.05) is 0 Å². The van der Waals surface area contributed by atoms with Crippen molar-refractivity contribution in [2.45, 2.75) is 32.2 Å². The van der Waals surface area contributed by atoms with E-state index in [1.165, 1.54) is 0 Å². The van der Waals surface area contributed by atoms with Gasteiger partial charge in [0.2, 0.25) is 0 Å². The standard InChI is InChI=1S/C13H15N5O2/c1-8-4-10(7-14-6-8)13-15-16-17-18(13)11(5-12(19)20)9-2-3-9/h4,6-7,9,11H,2-3,5H2,1H3,(H,19,20). The van der Waals surface area contributed by atoms with E-state index in [1.807, 2.05) is 13.0 Å². The van der Waals surface area contributed by atoms with E-state index in [1.54, 1.807) is 17.1 Å². The molecule has 0 aromatic carbocycles. The van der Waals surface area contributed by atoms with Gasteiger partial charge in [-0.3, -0.25) is 9.78 Å². The van der Waals surface area contributed by atoms with Crippen LogP contribution in [0.4, 0.5) is 0 Å². The largest absolute Gasteiger partial charge is 0.481 e. The Balaban J connectivity index is 1.98. The Bertz CT molecular complexity index is 635. The van der Waals surface area contributed by atoms with E-state index in [-0.39, 0.29) is 12.5 Å². The average molecular weight is 273 g/mol. The summed E-state index contributed by atoms with van der Waals surface area (Å²) < 4.78 is 1.64. The lowest BCUT2D eigenvalue weighted by Gasteiger charge is -2.15. The number of pyridine rings is 1. The minimum absolute atomic E-state index is 0.0436. The monoisotopic (exact) mass is 273 g/mol. The summed E-state index contributed by atoms with van der Waals surface area (Å²) in [5.41, 5.74) is 1.82. The summed E-state index contributed by atoms with van der Waals surface area (Å²) in [5, 5.41) is 20.8. The summed E-state index contributed by atoms with van der Waals surface area (Å²) in [5.74, 6) is 0.108. The van der Waals surface area contributed by atoms with E-state index in [2.05, 4.69) is 20.5 Å². The SMILES string of the molecule is Cc1cncc(-c2nnnn2C(CC(=O)O)C2CC2)c1. The number of aryl methyl sites for hydroxylation is 1. The predicted octanol–water partition coefficient (Wildman–Crippen LogP) is 1.47. The van der Waals surface area contributed by atoms with Crippen molar-refractivity contribution in [1.82, 2.24) is 25.2 Å². The summed E-state index contributed by atoms with van der Waals surface area (Å²) in [6.07, 6.45) is 5.56. The van der Waals surface area contributed by atoms with E-state index in [9.17, 15) is 4.79 Å². The maximum absolute atomic E-state index is 11.0. The van der Waals surface area contributed by atoms with E-state index < -0.39 is 5.97 Å². The zero-order chi connectivity index (χ0) is 14.1. The Morgan fingerprint density at radius 3 is 2.95 bits per heavy atom. The number of aliphatic carboxylic acids is 1. The second kappa shape index (κ2) is 4.99. The van der Waals surface area contributed by atoms with Crippen LogP contribution in [0, 0.1) is 12.8 Å². The molecule has 2 heterocycles. The third-order valence-electron chi connectivity index (χ3n) is 3.49. The highest BCUT2D eigenvalue weighted by molar-refractivity contribution is 5.67. The van der Waals surface area contributed by atoms with Gasteiger partial charge in [0.05, 0.1) is 12.5 Å². The second-order valence-corrected chi connectivity index (χ2v) is 5.20. The molecule has 0 bridgehead atoms. The third-order valence-corrected chi connectivity index (χ3v) is 3.49. The molecule has 1 atom stereocenters. The highest BCUT2D eigenvalue weighted by Crippen LogP contribution is 2.42. The van der Waals surface area contributed by atoms with Crippen LogP contribution in [0.5, 0.6) is 0 Å². The van der Waals surface area contributed by atoms with Crippen molar-refractivity contribution in [2.24, 2.45) is 5.92 Å². The molecule has 1 aliphatic carbocycles. The van der Waals surface area contributed by atoms with Crippen LogP contribution in [-0.2, 0) is 4.79 Å². The molecule has 0 aliphatic heterocycles. The first-order valence-electron chi connectivity index (χ1n) is 6.57. The van der Waals surface area contributed by atoms with Crippen LogP contribution in [0.1, 0.15) is 30.9 Å². The molecule has 0 amide bonds. The Morgan fingerprint density at radius 2 is 2.30 bits per heavy atom. The van der Waals surface area contributed by atoms with Crippen LogP contribution in [0.15, 0.2) is 18.5 Å². The number of carboxylic acids is 1. The van der Waals surface area contributed by atoms with E-state index in [0.717, 1.165) is 24.0 Å². The van der Waals surface area contributed by atoms with Gasteiger partial charge in [0.1, 0.15) is 0 Å². The van der Waals surface area contributed by atoms with Gasteiger partial charge < -0.3 is 5.11 Å². The number of nitrogens with zero attached hydrogens (tertiary/aromatic N) is 5. The highest BCUT2D eigenvalue weighted by atomic mass is 16.4. The van der Waals surface area contributed by atoms with E-state index in [0.29, 0.717) is 11.7 Å². The molecule has 0 saturated heterocycles. The topological polar surface area (TPSA) is 93.8 Å². The Hall–Kier alpha value is -2.31. The molecule has 104 valence electrons. The fourth-order valence-corrected chi connectivity index (χ4v) is 2.40. The van der Waals surface area contributed by atoms with Crippen molar-refractivity contribution in [3.63, 3.8) is 0 Å². The molecular formula is C13H15N5O2. The Labute approximate surface area is 115 Å². The molecule has 2 aromatic rings. The van der Waals surface area contributed by atoms with Crippen LogP contribution in [0.25, 0.3) is 11.4 Å². The second-order valence-electron chi connectivity index (χ2n) is 5.20. The molecule has 7 heteroatoms. The summed E-state index contributed by atoms with van der Waals surface area (Å²) in [7, 11) is 0. The average Bonchev–Trinajstić information content (AvgIpc) is 3.12. The van der Waals surface area contributed by atoms with Crippen LogP contribution in [0.3, 0.4) is 0 Å². The zero-order valence-corrected chi connectivity index (χ0v) is 11.1. The molecule has 1 fully saturated rings. The smallest absolute Gasteiger partial charge is 0.305 e. The van der Waals surface area contributed by atoms with E-state index in [4.69, 9.17) is 5.11 Å². The van der Waals surface area contributed by atoms with Gasteiger partial charge in [-0.15, -0.1) is 5.10 Å². The van der Waals surface area contributed by atoms with Gasteiger partial charge in [-0.25, -0.2) is 4.68 Å². The molecule has 7 nitrogen and oxygen atoms in total. The first kappa shape index (κ1) is 12.7. The van der Waals surface area contributed by atoms with Crippen molar-refractivity contribution >= 4 is 5.97 Å². The fraction of sp³-hybridized carbons (Fsp3) is 0.462.